The van der Waals surface area contributed by atoms with Crippen LogP contribution in [0.5, 0.6) is 11.5 Å². The van der Waals surface area contributed by atoms with Crippen LogP contribution >= 0.6 is 0 Å². The highest BCUT2D eigenvalue weighted by molar-refractivity contribution is 5.66. The van der Waals surface area contributed by atoms with Gasteiger partial charge in [-0.3, -0.25) is 0 Å². The molecule has 20 heavy (non-hydrogen) atoms. The lowest BCUT2D eigenvalue weighted by Crippen LogP contribution is -2.10. The summed E-state index contributed by atoms with van der Waals surface area (Å²) in [7, 11) is 3.08. The summed E-state index contributed by atoms with van der Waals surface area (Å²) < 4.78 is 15.6. The van der Waals surface area contributed by atoms with Gasteiger partial charge in [0.1, 0.15) is 6.10 Å². The Labute approximate surface area is 117 Å². The number of ether oxygens (including phenoxy) is 2. The average Bonchev–Trinajstić information content (AvgIpc) is 2.88. The van der Waals surface area contributed by atoms with Crippen LogP contribution in [-0.4, -0.2) is 29.5 Å². The van der Waals surface area contributed by atoms with Crippen LogP contribution in [0.3, 0.4) is 0 Å². The van der Waals surface area contributed by atoms with Gasteiger partial charge in [-0.1, -0.05) is 25.1 Å². The first-order chi connectivity index (χ1) is 9.58. The number of hydrogen-bond donors (Lipinski definition) is 1. The highest BCUT2D eigenvalue weighted by atomic mass is 16.5. The Morgan fingerprint density at radius 1 is 1.25 bits per heavy atom. The SMILES string of the molecule is COc1cccc(-c2nc(C(OC)C(C)C)no2)c1O. The topological polar surface area (TPSA) is 77.6 Å². The summed E-state index contributed by atoms with van der Waals surface area (Å²) in [5.74, 6) is 1.24. The maximum atomic E-state index is 10.1. The average molecular weight is 278 g/mol. The van der Waals surface area contributed by atoms with E-state index in [2.05, 4.69) is 10.1 Å². The van der Waals surface area contributed by atoms with E-state index < -0.39 is 0 Å². The number of rotatable bonds is 5. The zero-order valence-corrected chi connectivity index (χ0v) is 12.0. The quantitative estimate of drug-likeness (QED) is 0.906. The van der Waals surface area contributed by atoms with Crippen molar-refractivity contribution in [1.29, 1.82) is 0 Å². The van der Waals surface area contributed by atoms with Crippen LogP contribution in [0, 0.1) is 5.92 Å². The molecular weight excluding hydrogens is 260 g/mol. The minimum atomic E-state index is -0.250. The molecule has 2 rings (SSSR count). The van der Waals surface area contributed by atoms with Crippen molar-refractivity contribution in [3.63, 3.8) is 0 Å². The summed E-state index contributed by atoms with van der Waals surface area (Å²) in [6.07, 6.45) is -0.250. The maximum Gasteiger partial charge on any atom is 0.261 e. The number of phenols is 1. The molecule has 0 aliphatic heterocycles. The van der Waals surface area contributed by atoms with Crippen molar-refractivity contribution >= 4 is 0 Å². The zero-order valence-electron chi connectivity index (χ0n) is 12.0. The standard InChI is InChI=1S/C14H18N2O4/c1-8(2)12(19-4)13-15-14(20-16-13)9-6-5-7-10(18-3)11(9)17/h5-8,12,17H,1-4H3. The van der Waals surface area contributed by atoms with Gasteiger partial charge in [-0.25, -0.2) is 0 Å². The van der Waals surface area contributed by atoms with Crippen molar-refractivity contribution in [1.82, 2.24) is 10.1 Å². The van der Waals surface area contributed by atoms with Gasteiger partial charge < -0.3 is 19.1 Å². The first-order valence-corrected chi connectivity index (χ1v) is 6.31. The first kappa shape index (κ1) is 14.3. The Balaban J connectivity index is 2.38. The summed E-state index contributed by atoms with van der Waals surface area (Å²) >= 11 is 0. The number of phenolic OH excluding ortho intramolecular Hbond substituents is 1. The summed E-state index contributed by atoms with van der Waals surface area (Å²) in [6.45, 7) is 4.01. The smallest absolute Gasteiger partial charge is 0.261 e. The minimum Gasteiger partial charge on any atom is -0.504 e. The lowest BCUT2D eigenvalue weighted by molar-refractivity contribution is 0.0556. The summed E-state index contributed by atoms with van der Waals surface area (Å²) in [6, 6.07) is 5.09. The van der Waals surface area contributed by atoms with E-state index in [1.54, 1.807) is 25.3 Å². The molecule has 6 nitrogen and oxygen atoms in total. The summed E-state index contributed by atoms with van der Waals surface area (Å²) in [4.78, 5) is 4.29. The van der Waals surface area contributed by atoms with Gasteiger partial charge in [-0.15, -0.1) is 0 Å². The third-order valence-electron chi connectivity index (χ3n) is 3.00. The van der Waals surface area contributed by atoms with E-state index in [9.17, 15) is 5.11 Å². The van der Waals surface area contributed by atoms with Gasteiger partial charge in [-0.05, 0) is 18.1 Å². The number of methoxy groups -OCH3 is 2. The second kappa shape index (κ2) is 5.92. The molecule has 1 N–H and O–H groups in total. The molecule has 1 unspecified atom stereocenters. The van der Waals surface area contributed by atoms with Gasteiger partial charge >= 0.3 is 0 Å². The van der Waals surface area contributed by atoms with Crippen molar-refractivity contribution < 1.29 is 19.1 Å². The zero-order chi connectivity index (χ0) is 14.7. The highest BCUT2D eigenvalue weighted by Crippen LogP contribution is 2.36. The highest BCUT2D eigenvalue weighted by Gasteiger charge is 2.23. The molecule has 1 heterocycles. The summed E-state index contributed by atoms with van der Waals surface area (Å²) in [5, 5.41) is 14.0. The van der Waals surface area contributed by atoms with Gasteiger partial charge in [0.15, 0.2) is 11.5 Å². The molecule has 1 aromatic carbocycles. The van der Waals surface area contributed by atoms with Crippen molar-refractivity contribution in [3.8, 4) is 23.0 Å². The van der Waals surface area contributed by atoms with E-state index in [1.165, 1.54) is 7.11 Å². The van der Waals surface area contributed by atoms with E-state index in [-0.39, 0.29) is 23.7 Å². The fraction of sp³-hybridized carbons (Fsp3) is 0.429. The number of nitrogens with zero attached hydrogens (tertiary/aromatic N) is 2. The number of para-hydroxylation sites is 1. The first-order valence-electron chi connectivity index (χ1n) is 6.31. The second-order valence-corrected chi connectivity index (χ2v) is 4.71. The molecule has 1 atom stereocenters. The molecule has 0 saturated carbocycles. The Bertz CT molecular complexity index is 580. The Morgan fingerprint density at radius 2 is 2.00 bits per heavy atom. The van der Waals surface area contributed by atoms with Crippen molar-refractivity contribution in [2.24, 2.45) is 5.92 Å². The lowest BCUT2D eigenvalue weighted by atomic mass is 10.1. The molecule has 0 spiro atoms. The molecule has 2 aromatic rings. The molecule has 0 amide bonds. The second-order valence-electron chi connectivity index (χ2n) is 4.71. The van der Waals surface area contributed by atoms with Gasteiger partial charge in [0.05, 0.1) is 12.7 Å². The summed E-state index contributed by atoms with van der Waals surface area (Å²) in [5.41, 5.74) is 0.432. The van der Waals surface area contributed by atoms with E-state index in [4.69, 9.17) is 14.0 Å². The predicted octanol–water partition coefficient (Wildman–Crippen LogP) is 2.79. The molecule has 1 aromatic heterocycles. The normalized spacial score (nSPS) is 12.7. The molecule has 6 heteroatoms. The van der Waals surface area contributed by atoms with Gasteiger partial charge in [0, 0.05) is 7.11 Å². The largest absolute Gasteiger partial charge is 0.504 e. The minimum absolute atomic E-state index is 0.0243. The van der Waals surface area contributed by atoms with E-state index >= 15 is 0 Å². The lowest BCUT2D eigenvalue weighted by Gasteiger charge is -2.14. The van der Waals surface area contributed by atoms with Gasteiger partial charge in [-0.2, -0.15) is 4.98 Å². The number of aromatic hydroxyl groups is 1. The molecule has 0 radical (unpaired) electrons. The Kier molecular flexibility index (Phi) is 4.24. The molecule has 0 aliphatic rings. The van der Waals surface area contributed by atoms with Crippen LogP contribution in [0.1, 0.15) is 25.8 Å². The van der Waals surface area contributed by atoms with E-state index in [0.29, 0.717) is 17.1 Å². The Hall–Kier alpha value is -2.08. The number of benzene rings is 1. The number of aromatic nitrogens is 2. The molecule has 0 aliphatic carbocycles. The van der Waals surface area contributed by atoms with Crippen LogP contribution in [0.2, 0.25) is 0 Å². The fourth-order valence-corrected chi connectivity index (χ4v) is 2.00. The van der Waals surface area contributed by atoms with Crippen LogP contribution in [0.25, 0.3) is 11.5 Å². The van der Waals surface area contributed by atoms with Crippen LogP contribution in [0.15, 0.2) is 22.7 Å². The van der Waals surface area contributed by atoms with Crippen LogP contribution < -0.4 is 4.74 Å². The van der Waals surface area contributed by atoms with E-state index in [0.717, 1.165) is 0 Å². The third kappa shape index (κ3) is 2.60. The number of hydrogen-bond acceptors (Lipinski definition) is 6. The fourth-order valence-electron chi connectivity index (χ4n) is 2.00. The van der Waals surface area contributed by atoms with Crippen molar-refractivity contribution in [3.05, 3.63) is 24.0 Å². The van der Waals surface area contributed by atoms with Crippen LogP contribution in [0.4, 0.5) is 0 Å². The molecule has 108 valence electrons. The molecule has 0 bridgehead atoms. The molecule has 0 fully saturated rings. The Morgan fingerprint density at radius 3 is 2.60 bits per heavy atom. The van der Waals surface area contributed by atoms with Gasteiger partial charge in [0.25, 0.3) is 5.89 Å². The molecule has 0 saturated heterocycles. The van der Waals surface area contributed by atoms with Gasteiger partial charge in [0.2, 0.25) is 5.82 Å². The maximum absolute atomic E-state index is 10.1. The van der Waals surface area contributed by atoms with Crippen LogP contribution in [-0.2, 0) is 4.74 Å². The van der Waals surface area contributed by atoms with Crippen molar-refractivity contribution in [2.45, 2.75) is 20.0 Å². The van der Waals surface area contributed by atoms with Crippen molar-refractivity contribution in [2.75, 3.05) is 14.2 Å². The molecular formula is C14H18N2O4. The monoisotopic (exact) mass is 278 g/mol. The van der Waals surface area contributed by atoms with E-state index in [1.807, 2.05) is 13.8 Å². The third-order valence-corrected chi connectivity index (χ3v) is 3.00. The predicted molar refractivity (Wildman–Crippen MR) is 72.5 cm³/mol.